The van der Waals surface area contributed by atoms with Crippen molar-refractivity contribution in [2.45, 2.75) is 6.54 Å². The minimum absolute atomic E-state index is 0.0625. The third-order valence-corrected chi connectivity index (χ3v) is 4.77. The van der Waals surface area contributed by atoms with Crippen LogP contribution in [0.15, 0.2) is 62.1 Å². The normalized spacial score (nSPS) is 11.1. The lowest BCUT2D eigenvalue weighted by atomic mass is 10.2. The fourth-order valence-corrected chi connectivity index (χ4v) is 3.37. The summed E-state index contributed by atoms with van der Waals surface area (Å²) in [7, 11) is 0. The first-order chi connectivity index (χ1) is 12.6. The maximum atomic E-state index is 12.3. The highest BCUT2D eigenvalue weighted by atomic mass is 32.1. The van der Waals surface area contributed by atoms with E-state index in [9.17, 15) is 14.4 Å². The number of rotatable bonds is 4. The summed E-state index contributed by atoms with van der Waals surface area (Å²) in [6.45, 7) is 0.466. The molecule has 0 unspecified atom stereocenters. The van der Waals surface area contributed by atoms with E-state index in [0.717, 1.165) is 0 Å². The Labute approximate surface area is 150 Å². The molecule has 4 rings (SSSR count). The monoisotopic (exact) mass is 367 g/mol. The van der Waals surface area contributed by atoms with Crippen LogP contribution in [0.2, 0.25) is 0 Å². The molecule has 0 bridgehead atoms. The molecule has 4 aromatic rings. The predicted octanol–water partition coefficient (Wildman–Crippen LogP) is 1.99. The van der Waals surface area contributed by atoms with Gasteiger partial charge in [-0.1, -0.05) is 12.1 Å². The number of hydrogen-bond donors (Lipinski definition) is 1. The molecule has 3 heterocycles. The average Bonchev–Trinajstić information content (AvgIpc) is 3.13. The van der Waals surface area contributed by atoms with Crippen molar-refractivity contribution in [1.29, 1.82) is 0 Å². The topological polar surface area (TPSA) is 94.2 Å². The summed E-state index contributed by atoms with van der Waals surface area (Å²) in [4.78, 5) is 41.5. The molecule has 1 N–H and O–H groups in total. The molecule has 0 atom stereocenters. The van der Waals surface area contributed by atoms with Crippen molar-refractivity contribution in [3.05, 3.63) is 74.4 Å². The van der Waals surface area contributed by atoms with E-state index in [0.29, 0.717) is 21.2 Å². The van der Waals surface area contributed by atoms with Gasteiger partial charge in [-0.2, -0.15) is 0 Å². The summed E-state index contributed by atoms with van der Waals surface area (Å²) < 4.78 is 6.92. The van der Waals surface area contributed by atoms with Gasteiger partial charge >= 0.3 is 0 Å². The van der Waals surface area contributed by atoms with Crippen LogP contribution in [0, 0.1) is 0 Å². The van der Waals surface area contributed by atoms with Crippen molar-refractivity contribution in [3.8, 4) is 0 Å². The summed E-state index contributed by atoms with van der Waals surface area (Å²) in [5.41, 5.74) is -0.0726. The number of carbonyl (C=O) groups excluding carboxylic acids is 1. The fraction of sp³-hybridized carbons (Fsp3) is 0.111. The smallest absolute Gasteiger partial charge is 0.287 e. The molecule has 0 aliphatic carbocycles. The molecule has 0 aliphatic heterocycles. The number of thiophene rings is 1. The van der Waals surface area contributed by atoms with Gasteiger partial charge in [-0.25, -0.2) is 4.98 Å². The molecule has 0 radical (unpaired) electrons. The number of aromatic nitrogens is 2. The zero-order chi connectivity index (χ0) is 18.1. The van der Waals surface area contributed by atoms with Crippen molar-refractivity contribution >= 4 is 38.4 Å². The molecular formula is C18H13N3O4S. The van der Waals surface area contributed by atoms with Crippen molar-refractivity contribution in [2.75, 3.05) is 6.54 Å². The van der Waals surface area contributed by atoms with E-state index >= 15 is 0 Å². The molecule has 8 heteroatoms. The van der Waals surface area contributed by atoms with Gasteiger partial charge < -0.3 is 9.73 Å². The third-order valence-electron chi connectivity index (χ3n) is 3.95. The van der Waals surface area contributed by atoms with Crippen LogP contribution in [-0.2, 0) is 6.54 Å². The fourth-order valence-electron chi connectivity index (χ4n) is 2.65. The highest BCUT2D eigenvalue weighted by molar-refractivity contribution is 7.16. The Kier molecular flexibility index (Phi) is 4.10. The Morgan fingerprint density at radius 3 is 2.92 bits per heavy atom. The van der Waals surface area contributed by atoms with E-state index in [1.54, 1.807) is 30.3 Å². The Morgan fingerprint density at radius 2 is 2.04 bits per heavy atom. The average molecular weight is 367 g/mol. The highest BCUT2D eigenvalue weighted by Gasteiger charge is 2.12. The van der Waals surface area contributed by atoms with Gasteiger partial charge in [0.15, 0.2) is 11.2 Å². The van der Waals surface area contributed by atoms with Gasteiger partial charge in [0, 0.05) is 19.2 Å². The number of amides is 1. The Morgan fingerprint density at radius 1 is 1.19 bits per heavy atom. The first-order valence-corrected chi connectivity index (χ1v) is 8.75. The lowest BCUT2D eigenvalue weighted by Gasteiger charge is -2.07. The van der Waals surface area contributed by atoms with Gasteiger partial charge in [0.05, 0.1) is 17.1 Å². The largest absolute Gasteiger partial charge is 0.451 e. The lowest BCUT2D eigenvalue weighted by Crippen LogP contribution is -2.31. The zero-order valence-electron chi connectivity index (χ0n) is 13.5. The minimum Gasteiger partial charge on any atom is -0.451 e. The van der Waals surface area contributed by atoms with Crippen LogP contribution in [0.4, 0.5) is 0 Å². The molecule has 1 amide bonds. The number of fused-ring (bicyclic) bond motifs is 2. The molecule has 130 valence electrons. The van der Waals surface area contributed by atoms with E-state index < -0.39 is 5.91 Å². The number of nitrogens with one attached hydrogen (secondary N) is 1. The molecular weight excluding hydrogens is 354 g/mol. The minimum atomic E-state index is -0.509. The summed E-state index contributed by atoms with van der Waals surface area (Å²) in [5.74, 6) is -0.571. The summed E-state index contributed by atoms with van der Waals surface area (Å²) in [6.07, 6.45) is 1.46. The van der Waals surface area contributed by atoms with Crippen LogP contribution in [0.1, 0.15) is 10.6 Å². The van der Waals surface area contributed by atoms with Gasteiger partial charge in [0.25, 0.3) is 11.5 Å². The predicted molar refractivity (Wildman–Crippen MR) is 98.7 cm³/mol. The van der Waals surface area contributed by atoms with Crippen LogP contribution in [0.3, 0.4) is 0 Å². The standard InChI is InChI=1S/C18H13N3O4S/c22-13-9-15(25-14-4-2-1-3-11(13)14)16(23)19-6-7-21-10-20-17-12(18(21)24)5-8-26-17/h1-5,8-10H,6-7H2,(H,19,23). The lowest BCUT2D eigenvalue weighted by molar-refractivity contribution is 0.0925. The molecule has 0 saturated heterocycles. The van der Waals surface area contributed by atoms with Crippen LogP contribution in [-0.4, -0.2) is 22.0 Å². The zero-order valence-corrected chi connectivity index (χ0v) is 14.3. The summed E-state index contributed by atoms with van der Waals surface area (Å²) in [6, 6.07) is 9.64. The molecule has 0 fully saturated rings. The number of benzene rings is 1. The third kappa shape index (κ3) is 2.91. The summed E-state index contributed by atoms with van der Waals surface area (Å²) >= 11 is 1.40. The van der Waals surface area contributed by atoms with Crippen molar-refractivity contribution in [2.24, 2.45) is 0 Å². The van der Waals surface area contributed by atoms with Crippen LogP contribution >= 0.6 is 11.3 Å². The number of nitrogens with zero attached hydrogens (tertiary/aromatic N) is 2. The van der Waals surface area contributed by atoms with Gasteiger partial charge in [0.2, 0.25) is 0 Å². The van der Waals surface area contributed by atoms with Gasteiger partial charge in [-0.05, 0) is 23.6 Å². The first kappa shape index (κ1) is 16.2. The van der Waals surface area contributed by atoms with Gasteiger partial charge in [-0.15, -0.1) is 11.3 Å². The Bertz CT molecular complexity index is 1240. The van der Waals surface area contributed by atoms with Crippen molar-refractivity contribution < 1.29 is 9.21 Å². The second-order valence-electron chi connectivity index (χ2n) is 5.61. The van der Waals surface area contributed by atoms with Gasteiger partial charge in [-0.3, -0.25) is 19.0 Å². The molecule has 26 heavy (non-hydrogen) atoms. The maximum absolute atomic E-state index is 12.3. The maximum Gasteiger partial charge on any atom is 0.287 e. The van der Waals surface area contributed by atoms with E-state index in [1.165, 1.54) is 28.3 Å². The number of carbonyl (C=O) groups is 1. The number of hydrogen-bond acceptors (Lipinski definition) is 6. The molecule has 0 spiro atoms. The van der Waals surface area contributed by atoms with Crippen LogP contribution in [0.25, 0.3) is 21.2 Å². The van der Waals surface area contributed by atoms with Gasteiger partial charge in [0.1, 0.15) is 10.4 Å². The molecule has 7 nitrogen and oxygen atoms in total. The van der Waals surface area contributed by atoms with Crippen molar-refractivity contribution in [1.82, 2.24) is 14.9 Å². The van der Waals surface area contributed by atoms with E-state index in [1.807, 2.05) is 5.38 Å². The highest BCUT2D eigenvalue weighted by Crippen LogP contribution is 2.13. The number of para-hydroxylation sites is 1. The Balaban J connectivity index is 1.49. The molecule has 1 aromatic carbocycles. The Hall–Kier alpha value is -3.26. The van der Waals surface area contributed by atoms with E-state index in [4.69, 9.17) is 4.42 Å². The summed E-state index contributed by atoms with van der Waals surface area (Å²) in [5, 5.41) is 5.45. The second-order valence-corrected chi connectivity index (χ2v) is 6.50. The first-order valence-electron chi connectivity index (χ1n) is 7.87. The molecule has 0 aliphatic rings. The molecule has 3 aromatic heterocycles. The van der Waals surface area contributed by atoms with E-state index in [2.05, 4.69) is 10.3 Å². The van der Waals surface area contributed by atoms with Crippen LogP contribution in [0.5, 0.6) is 0 Å². The van der Waals surface area contributed by atoms with Crippen LogP contribution < -0.4 is 16.3 Å². The van der Waals surface area contributed by atoms with Crippen molar-refractivity contribution in [3.63, 3.8) is 0 Å². The van der Waals surface area contributed by atoms with E-state index in [-0.39, 0.29) is 29.8 Å². The molecule has 0 saturated carbocycles. The SMILES string of the molecule is O=C(NCCn1cnc2sccc2c1=O)c1cc(=O)c2ccccc2o1. The quantitative estimate of drug-likeness (QED) is 0.595. The second kappa shape index (κ2) is 6.57.